The zero-order chi connectivity index (χ0) is 9.26. The van der Waals surface area contributed by atoms with Gasteiger partial charge < -0.3 is 9.64 Å². The molecule has 0 aromatic carbocycles. The molecule has 13 heavy (non-hydrogen) atoms. The minimum Gasteiger partial charge on any atom is -0.380 e. The molecule has 0 aromatic rings. The average Bonchev–Trinajstić information content (AvgIpc) is 2.78. The standard InChI is InChI=1S/C11H21NO/c1-9-6-12(3-4-13-8-9)7-11-5-10(11)2/h9-11H,3-8H2,1-2H3. The van der Waals surface area contributed by atoms with Crippen molar-refractivity contribution in [3.8, 4) is 0 Å². The fourth-order valence-electron chi connectivity index (χ4n) is 2.21. The van der Waals surface area contributed by atoms with Crippen LogP contribution in [-0.2, 0) is 4.74 Å². The van der Waals surface area contributed by atoms with Crippen molar-refractivity contribution in [3.63, 3.8) is 0 Å². The van der Waals surface area contributed by atoms with Gasteiger partial charge in [-0.25, -0.2) is 0 Å². The van der Waals surface area contributed by atoms with Crippen LogP contribution in [0.25, 0.3) is 0 Å². The molecule has 0 bridgehead atoms. The van der Waals surface area contributed by atoms with E-state index < -0.39 is 0 Å². The Morgan fingerprint density at radius 2 is 2.15 bits per heavy atom. The molecule has 1 saturated carbocycles. The summed E-state index contributed by atoms with van der Waals surface area (Å²) in [6.07, 6.45) is 1.45. The first kappa shape index (κ1) is 9.47. The zero-order valence-electron chi connectivity index (χ0n) is 8.83. The highest BCUT2D eigenvalue weighted by Crippen LogP contribution is 2.38. The number of hydrogen-bond donors (Lipinski definition) is 0. The van der Waals surface area contributed by atoms with E-state index in [0.717, 1.165) is 37.5 Å². The van der Waals surface area contributed by atoms with Crippen molar-refractivity contribution in [1.82, 2.24) is 4.90 Å². The molecule has 0 aromatic heterocycles. The highest BCUT2D eigenvalue weighted by Gasteiger charge is 2.34. The summed E-state index contributed by atoms with van der Waals surface area (Å²) in [5, 5.41) is 0. The van der Waals surface area contributed by atoms with E-state index in [2.05, 4.69) is 18.7 Å². The van der Waals surface area contributed by atoms with Gasteiger partial charge in [-0.2, -0.15) is 0 Å². The Labute approximate surface area is 81.3 Å². The molecule has 1 saturated heterocycles. The maximum absolute atomic E-state index is 5.52. The summed E-state index contributed by atoms with van der Waals surface area (Å²) >= 11 is 0. The van der Waals surface area contributed by atoms with E-state index in [4.69, 9.17) is 4.74 Å². The molecule has 0 amide bonds. The lowest BCUT2D eigenvalue weighted by molar-refractivity contribution is 0.125. The molecule has 1 aliphatic carbocycles. The Morgan fingerprint density at radius 3 is 2.85 bits per heavy atom. The fraction of sp³-hybridized carbons (Fsp3) is 1.00. The van der Waals surface area contributed by atoms with Crippen LogP contribution in [0.2, 0.25) is 0 Å². The molecule has 76 valence electrons. The molecule has 1 aliphatic heterocycles. The number of ether oxygens (including phenoxy) is 1. The number of hydrogen-bond acceptors (Lipinski definition) is 2. The molecule has 0 radical (unpaired) electrons. The van der Waals surface area contributed by atoms with Crippen molar-refractivity contribution in [2.24, 2.45) is 17.8 Å². The number of rotatable bonds is 2. The van der Waals surface area contributed by atoms with Gasteiger partial charge in [-0.3, -0.25) is 0 Å². The lowest BCUT2D eigenvalue weighted by Gasteiger charge is -2.21. The quantitative estimate of drug-likeness (QED) is 0.645. The molecule has 3 unspecified atom stereocenters. The first-order valence-corrected chi connectivity index (χ1v) is 5.56. The van der Waals surface area contributed by atoms with Gasteiger partial charge >= 0.3 is 0 Å². The third-order valence-electron chi connectivity index (χ3n) is 3.29. The molecular formula is C11H21NO. The second-order valence-corrected chi connectivity index (χ2v) is 4.91. The van der Waals surface area contributed by atoms with Gasteiger partial charge in [0.05, 0.1) is 13.2 Å². The summed E-state index contributed by atoms with van der Waals surface area (Å²) in [5.74, 6) is 2.70. The predicted octanol–water partition coefficient (Wildman–Crippen LogP) is 1.61. The summed E-state index contributed by atoms with van der Waals surface area (Å²) in [6, 6.07) is 0. The van der Waals surface area contributed by atoms with E-state index in [1.807, 2.05) is 0 Å². The Kier molecular flexibility index (Phi) is 2.89. The van der Waals surface area contributed by atoms with Crippen LogP contribution in [-0.4, -0.2) is 37.7 Å². The van der Waals surface area contributed by atoms with Crippen LogP contribution in [0, 0.1) is 17.8 Å². The summed E-state index contributed by atoms with van der Waals surface area (Å²) in [4.78, 5) is 2.59. The average molecular weight is 183 g/mol. The molecular weight excluding hydrogens is 162 g/mol. The Bertz CT molecular complexity index is 171. The Morgan fingerprint density at radius 1 is 1.38 bits per heavy atom. The third-order valence-corrected chi connectivity index (χ3v) is 3.29. The van der Waals surface area contributed by atoms with Crippen LogP contribution in [0.1, 0.15) is 20.3 Å². The van der Waals surface area contributed by atoms with E-state index in [0.29, 0.717) is 0 Å². The molecule has 2 aliphatic rings. The fourth-order valence-corrected chi connectivity index (χ4v) is 2.21. The largest absolute Gasteiger partial charge is 0.380 e. The predicted molar refractivity (Wildman–Crippen MR) is 53.7 cm³/mol. The van der Waals surface area contributed by atoms with Crippen molar-refractivity contribution in [3.05, 3.63) is 0 Å². The summed E-state index contributed by atoms with van der Waals surface area (Å²) in [7, 11) is 0. The van der Waals surface area contributed by atoms with E-state index in [1.165, 1.54) is 19.5 Å². The van der Waals surface area contributed by atoms with Crippen molar-refractivity contribution < 1.29 is 4.74 Å². The minimum atomic E-state index is 0.719. The second-order valence-electron chi connectivity index (χ2n) is 4.91. The molecule has 2 fully saturated rings. The Balaban J connectivity index is 1.76. The normalized spacial score (nSPS) is 41.5. The van der Waals surface area contributed by atoms with Crippen molar-refractivity contribution >= 4 is 0 Å². The molecule has 0 N–H and O–H groups in total. The van der Waals surface area contributed by atoms with Crippen LogP contribution < -0.4 is 0 Å². The Hall–Kier alpha value is -0.0800. The van der Waals surface area contributed by atoms with Gasteiger partial charge in [0.25, 0.3) is 0 Å². The van der Waals surface area contributed by atoms with E-state index in [-0.39, 0.29) is 0 Å². The number of nitrogens with zero attached hydrogens (tertiary/aromatic N) is 1. The van der Waals surface area contributed by atoms with Gasteiger partial charge in [0.2, 0.25) is 0 Å². The van der Waals surface area contributed by atoms with Gasteiger partial charge in [-0.05, 0) is 24.2 Å². The van der Waals surface area contributed by atoms with E-state index in [9.17, 15) is 0 Å². The molecule has 3 atom stereocenters. The van der Waals surface area contributed by atoms with Crippen LogP contribution in [0.15, 0.2) is 0 Å². The van der Waals surface area contributed by atoms with Crippen LogP contribution >= 0.6 is 0 Å². The SMILES string of the molecule is CC1COCCN(CC2CC2C)C1. The summed E-state index contributed by atoms with van der Waals surface area (Å²) in [5.41, 5.74) is 0. The van der Waals surface area contributed by atoms with Crippen LogP contribution in [0.3, 0.4) is 0 Å². The molecule has 2 rings (SSSR count). The van der Waals surface area contributed by atoms with Gasteiger partial charge in [-0.15, -0.1) is 0 Å². The van der Waals surface area contributed by atoms with Gasteiger partial charge in [-0.1, -0.05) is 13.8 Å². The maximum atomic E-state index is 5.52. The van der Waals surface area contributed by atoms with Crippen molar-refractivity contribution in [2.45, 2.75) is 20.3 Å². The maximum Gasteiger partial charge on any atom is 0.0593 e. The van der Waals surface area contributed by atoms with E-state index >= 15 is 0 Å². The lowest BCUT2D eigenvalue weighted by atomic mass is 10.2. The summed E-state index contributed by atoms with van der Waals surface area (Å²) < 4.78 is 5.52. The second kappa shape index (κ2) is 3.97. The van der Waals surface area contributed by atoms with Crippen molar-refractivity contribution in [1.29, 1.82) is 0 Å². The first-order chi connectivity index (χ1) is 6.25. The highest BCUT2D eigenvalue weighted by molar-refractivity contribution is 4.85. The van der Waals surface area contributed by atoms with Crippen molar-refractivity contribution in [2.75, 3.05) is 32.8 Å². The monoisotopic (exact) mass is 183 g/mol. The third kappa shape index (κ3) is 2.68. The van der Waals surface area contributed by atoms with Crippen LogP contribution in [0.5, 0.6) is 0 Å². The highest BCUT2D eigenvalue weighted by atomic mass is 16.5. The topological polar surface area (TPSA) is 12.5 Å². The van der Waals surface area contributed by atoms with Gasteiger partial charge in [0, 0.05) is 19.6 Å². The minimum absolute atomic E-state index is 0.719. The van der Waals surface area contributed by atoms with Gasteiger partial charge in [0.1, 0.15) is 0 Å². The van der Waals surface area contributed by atoms with E-state index in [1.54, 1.807) is 0 Å². The lowest BCUT2D eigenvalue weighted by Crippen LogP contribution is -2.31. The van der Waals surface area contributed by atoms with Gasteiger partial charge in [0.15, 0.2) is 0 Å². The molecule has 0 spiro atoms. The smallest absolute Gasteiger partial charge is 0.0593 e. The zero-order valence-corrected chi connectivity index (χ0v) is 8.83. The molecule has 2 nitrogen and oxygen atoms in total. The first-order valence-electron chi connectivity index (χ1n) is 5.56. The van der Waals surface area contributed by atoms with Crippen LogP contribution in [0.4, 0.5) is 0 Å². The molecule has 1 heterocycles. The summed E-state index contributed by atoms with van der Waals surface area (Å²) in [6.45, 7) is 10.2. The molecule has 2 heteroatoms.